The van der Waals surface area contributed by atoms with E-state index in [0.29, 0.717) is 16.6 Å². The first-order valence-corrected chi connectivity index (χ1v) is 7.00. The van der Waals surface area contributed by atoms with Gasteiger partial charge in [-0.1, -0.05) is 18.3 Å². The summed E-state index contributed by atoms with van der Waals surface area (Å²) in [6.45, 7) is 0. The van der Waals surface area contributed by atoms with Gasteiger partial charge in [-0.2, -0.15) is 0 Å². The van der Waals surface area contributed by atoms with Crippen molar-refractivity contribution in [2.24, 2.45) is 5.73 Å². The van der Waals surface area contributed by atoms with Crippen molar-refractivity contribution in [2.45, 2.75) is 18.8 Å². The molecule has 1 aliphatic carbocycles. The first-order chi connectivity index (χ1) is 8.72. The third-order valence-corrected chi connectivity index (χ3v) is 3.74. The molecule has 2 aromatic heterocycles. The van der Waals surface area contributed by atoms with E-state index in [-0.39, 0.29) is 0 Å². The number of rotatable bonds is 4. The molecule has 0 bridgehead atoms. The Morgan fingerprint density at radius 2 is 2.22 bits per heavy atom. The quantitative estimate of drug-likeness (QED) is 0.841. The summed E-state index contributed by atoms with van der Waals surface area (Å²) in [4.78, 5) is 9.17. The van der Waals surface area contributed by atoms with Crippen molar-refractivity contribution in [3.05, 3.63) is 35.0 Å². The minimum absolute atomic E-state index is 0.302. The number of thiazole rings is 1. The van der Waals surface area contributed by atoms with Crippen LogP contribution in [0.2, 0.25) is 0 Å². The number of hydrogen-bond donors (Lipinski definition) is 2. The molecule has 2 heterocycles. The number of thiocarbonyl (C=S) groups is 1. The zero-order valence-electron chi connectivity index (χ0n) is 9.59. The summed E-state index contributed by atoms with van der Waals surface area (Å²) in [7, 11) is 0. The Morgan fingerprint density at radius 1 is 1.39 bits per heavy atom. The number of aromatic nitrogens is 2. The second-order valence-electron chi connectivity index (χ2n) is 4.25. The highest BCUT2D eigenvalue weighted by atomic mass is 32.1. The van der Waals surface area contributed by atoms with Crippen molar-refractivity contribution in [1.82, 2.24) is 9.97 Å². The lowest BCUT2D eigenvalue weighted by molar-refractivity contribution is 1.05. The van der Waals surface area contributed by atoms with E-state index in [1.807, 2.05) is 12.1 Å². The van der Waals surface area contributed by atoms with Gasteiger partial charge in [-0.05, 0) is 25.0 Å². The van der Waals surface area contributed by atoms with E-state index >= 15 is 0 Å². The summed E-state index contributed by atoms with van der Waals surface area (Å²) >= 11 is 6.51. The van der Waals surface area contributed by atoms with Crippen LogP contribution in [-0.2, 0) is 0 Å². The Morgan fingerprint density at radius 3 is 2.94 bits per heavy atom. The van der Waals surface area contributed by atoms with Gasteiger partial charge in [0.05, 0.1) is 11.4 Å². The van der Waals surface area contributed by atoms with Crippen molar-refractivity contribution < 1.29 is 0 Å². The normalized spacial score (nSPS) is 14.4. The molecule has 3 N–H and O–H groups in total. The maximum atomic E-state index is 5.56. The summed E-state index contributed by atoms with van der Waals surface area (Å²) < 4.78 is 0. The molecule has 0 radical (unpaired) electrons. The predicted octanol–water partition coefficient (Wildman–Crippen LogP) is 2.79. The Labute approximate surface area is 114 Å². The largest absolute Gasteiger partial charge is 0.388 e. The SMILES string of the molecule is NC(=S)c1cccc(Nc2nc(C3CC3)cs2)n1. The first kappa shape index (κ1) is 11.6. The molecule has 92 valence electrons. The van der Waals surface area contributed by atoms with E-state index in [1.54, 1.807) is 17.4 Å². The lowest BCUT2D eigenvalue weighted by Crippen LogP contribution is -2.12. The van der Waals surface area contributed by atoms with Gasteiger partial charge in [-0.25, -0.2) is 9.97 Å². The molecule has 6 heteroatoms. The Kier molecular flexibility index (Phi) is 2.97. The van der Waals surface area contributed by atoms with Gasteiger partial charge in [0, 0.05) is 11.3 Å². The van der Waals surface area contributed by atoms with Crippen LogP contribution in [0.3, 0.4) is 0 Å². The van der Waals surface area contributed by atoms with Gasteiger partial charge in [-0.15, -0.1) is 11.3 Å². The van der Waals surface area contributed by atoms with E-state index in [9.17, 15) is 0 Å². The van der Waals surface area contributed by atoms with Crippen LogP contribution in [0, 0.1) is 0 Å². The molecule has 0 amide bonds. The molecular weight excluding hydrogens is 264 g/mol. The summed E-state index contributed by atoms with van der Waals surface area (Å²) in [5, 5.41) is 6.16. The molecule has 0 atom stereocenters. The van der Waals surface area contributed by atoms with Gasteiger partial charge < -0.3 is 11.1 Å². The molecule has 0 aliphatic heterocycles. The zero-order chi connectivity index (χ0) is 12.5. The van der Waals surface area contributed by atoms with E-state index in [4.69, 9.17) is 18.0 Å². The predicted molar refractivity (Wildman–Crippen MR) is 77.5 cm³/mol. The molecule has 4 nitrogen and oxygen atoms in total. The fourth-order valence-corrected chi connectivity index (χ4v) is 2.57. The molecule has 2 aromatic rings. The lowest BCUT2D eigenvalue weighted by Gasteiger charge is -2.03. The number of pyridine rings is 1. The van der Waals surface area contributed by atoms with Crippen molar-refractivity contribution in [1.29, 1.82) is 0 Å². The van der Waals surface area contributed by atoms with Crippen LogP contribution in [0.25, 0.3) is 0 Å². The van der Waals surface area contributed by atoms with Crippen LogP contribution in [0.1, 0.15) is 30.1 Å². The summed E-state index contributed by atoms with van der Waals surface area (Å²) in [6.07, 6.45) is 2.52. The van der Waals surface area contributed by atoms with Crippen LogP contribution >= 0.6 is 23.6 Å². The maximum absolute atomic E-state index is 5.56. The standard InChI is InChI=1S/C12H12N4S2/c13-11(17)8-2-1-3-10(14-8)16-12-15-9(6-18-12)7-4-5-7/h1-3,6-7H,4-5H2,(H2,13,17)(H,14,15,16). The van der Waals surface area contributed by atoms with Crippen molar-refractivity contribution in [3.8, 4) is 0 Å². The summed E-state index contributed by atoms with van der Waals surface area (Å²) in [5.74, 6) is 1.39. The molecule has 1 saturated carbocycles. The highest BCUT2D eigenvalue weighted by molar-refractivity contribution is 7.80. The van der Waals surface area contributed by atoms with E-state index < -0.39 is 0 Å². The first-order valence-electron chi connectivity index (χ1n) is 5.71. The molecule has 0 aromatic carbocycles. The van der Waals surface area contributed by atoms with Crippen LogP contribution in [0.15, 0.2) is 23.6 Å². The molecule has 1 fully saturated rings. The van der Waals surface area contributed by atoms with Crippen LogP contribution < -0.4 is 11.1 Å². The third kappa shape index (κ3) is 2.49. The second-order valence-corrected chi connectivity index (χ2v) is 5.55. The van der Waals surface area contributed by atoms with Gasteiger partial charge in [0.25, 0.3) is 0 Å². The van der Waals surface area contributed by atoms with Gasteiger partial charge in [0.2, 0.25) is 0 Å². The Balaban J connectivity index is 1.78. The summed E-state index contributed by atoms with van der Waals surface area (Å²) in [5.41, 5.74) is 7.36. The molecule has 1 aliphatic rings. The van der Waals surface area contributed by atoms with Crippen molar-refractivity contribution in [3.63, 3.8) is 0 Å². The van der Waals surface area contributed by atoms with E-state index in [2.05, 4.69) is 20.7 Å². The number of nitrogens with one attached hydrogen (secondary N) is 1. The number of nitrogens with two attached hydrogens (primary N) is 1. The number of nitrogens with zero attached hydrogens (tertiary/aromatic N) is 2. The van der Waals surface area contributed by atoms with Gasteiger partial charge >= 0.3 is 0 Å². The van der Waals surface area contributed by atoms with Gasteiger partial charge in [0.15, 0.2) is 5.13 Å². The number of anilines is 2. The van der Waals surface area contributed by atoms with Crippen LogP contribution in [0.5, 0.6) is 0 Å². The second kappa shape index (κ2) is 4.62. The third-order valence-electron chi connectivity index (χ3n) is 2.75. The van der Waals surface area contributed by atoms with Gasteiger partial charge in [-0.3, -0.25) is 0 Å². The highest BCUT2D eigenvalue weighted by Crippen LogP contribution is 2.41. The topological polar surface area (TPSA) is 63.8 Å². The van der Waals surface area contributed by atoms with Crippen LogP contribution in [-0.4, -0.2) is 15.0 Å². The molecule has 0 spiro atoms. The Hall–Kier alpha value is -1.53. The molecule has 18 heavy (non-hydrogen) atoms. The minimum atomic E-state index is 0.302. The van der Waals surface area contributed by atoms with E-state index in [1.165, 1.54) is 18.5 Å². The monoisotopic (exact) mass is 276 g/mol. The molecular formula is C12H12N4S2. The van der Waals surface area contributed by atoms with Crippen molar-refractivity contribution in [2.75, 3.05) is 5.32 Å². The number of hydrogen-bond acceptors (Lipinski definition) is 5. The Bertz CT molecular complexity index is 589. The maximum Gasteiger partial charge on any atom is 0.188 e. The van der Waals surface area contributed by atoms with Crippen LogP contribution in [0.4, 0.5) is 10.9 Å². The van der Waals surface area contributed by atoms with Crippen molar-refractivity contribution >= 4 is 39.5 Å². The fourth-order valence-electron chi connectivity index (χ4n) is 1.66. The average Bonchev–Trinajstić information content (AvgIpc) is 3.11. The molecule has 0 saturated heterocycles. The molecule has 3 rings (SSSR count). The molecule has 0 unspecified atom stereocenters. The smallest absolute Gasteiger partial charge is 0.188 e. The average molecular weight is 276 g/mol. The minimum Gasteiger partial charge on any atom is -0.388 e. The lowest BCUT2D eigenvalue weighted by atomic mass is 10.3. The highest BCUT2D eigenvalue weighted by Gasteiger charge is 2.26. The summed E-state index contributed by atoms with van der Waals surface area (Å²) in [6, 6.07) is 5.55. The fraction of sp³-hybridized carbons (Fsp3) is 0.250. The van der Waals surface area contributed by atoms with Gasteiger partial charge in [0.1, 0.15) is 10.8 Å². The van der Waals surface area contributed by atoms with E-state index in [0.717, 1.165) is 10.9 Å². The zero-order valence-corrected chi connectivity index (χ0v) is 11.2.